The molecule has 0 aliphatic rings. The first-order chi connectivity index (χ1) is 19.3. The van der Waals surface area contributed by atoms with Crippen LogP contribution in [0.5, 0.6) is 17.2 Å². The van der Waals surface area contributed by atoms with E-state index in [0.717, 1.165) is 0 Å². The number of carbonyl (C=O) groups is 4. The molecule has 0 aromatic heterocycles. The van der Waals surface area contributed by atoms with E-state index >= 15 is 0 Å². The molecule has 0 radical (unpaired) electrons. The van der Waals surface area contributed by atoms with Gasteiger partial charge in [0.2, 0.25) is 0 Å². The maximum Gasteiger partial charge on any atom is 0.513 e. The van der Waals surface area contributed by atoms with Crippen molar-refractivity contribution in [2.75, 3.05) is 6.61 Å². The summed E-state index contributed by atoms with van der Waals surface area (Å²) in [5.41, 5.74) is 6.64. The first kappa shape index (κ1) is 33.3. The number of ether oxygens (including phenoxy) is 5. The van der Waals surface area contributed by atoms with E-state index in [1.165, 1.54) is 12.1 Å². The van der Waals surface area contributed by atoms with Crippen LogP contribution in [0.1, 0.15) is 54.0 Å². The van der Waals surface area contributed by atoms with Gasteiger partial charge in [-0.25, -0.2) is 4.79 Å². The zero-order chi connectivity index (χ0) is 30.7. The summed E-state index contributed by atoms with van der Waals surface area (Å²) in [6.45, 7) is 12.4. The maximum absolute atomic E-state index is 12.7. The smallest absolute Gasteiger partial charge is 0.458 e. The normalized spacial score (nSPS) is 14.0. The second-order valence-corrected chi connectivity index (χ2v) is 10.7. The number of rotatable bonds is 13. The van der Waals surface area contributed by atoms with Gasteiger partial charge in [-0.2, -0.15) is 0 Å². The van der Waals surface area contributed by atoms with Gasteiger partial charge >= 0.3 is 24.1 Å². The van der Waals surface area contributed by atoms with Gasteiger partial charge in [-0.15, -0.1) is 0 Å². The number of hydrogen-bond acceptors (Lipinski definition) is 10. The van der Waals surface area contributed by atoms with Gasteiger partial charge in [-0.3, -0.25) is 14.4 Å². The van der Waals surface area contributed by atoms with E-state index in [0.29, 0.717) is 11.3 Å². The molecule has 0 spiro atoms. The Labute approximate surface area is 241 Å². The molecule has 4 atom stereocenters. The van der Waals surface area contributed by atoms with E-state index < -0.39 is 42.1 Å². The Morgan fingerprint density at radius 2 is 1.27 bits per heavy atom. The van der Waals surface area contributed by atoms with Gasteiger partial charge in [0.15, 0.2) is 11.5 Å². The van der Waals surface area contributed by atoms with Gasteiger partial charge in [-0.05, 0) is 55.0 Å². The zero-order valence-corrected chi connectivity index (χ0v) is 24.7. The third kappa shape index (κ3) is 10.9. The van der Waals surface area contributed by atoms with Crippen LogP contribution >= 0.6 is 0 Å². The molecule has 0 bridgehead atoms. The number of carbonyl (C=O) groups excluding carboxylic acids is 4. The van der Waals surface area contributed by atoms with E-state index in [1.807, 2.05) is 27.7 Å². The molecule has 0 aliphatic heterocycles. The van der Waals surface area contributed by atoms with E-state index in [2.05, 4.69) is 0 Å². The van der Waals surface area contributed by atoms with Gasteiger partial charge in [0, 0.05) is 0 Å². The number of nitrogens with two attached hydrogens (primary N) is 1. The lowest BCUT2D eigenvalue weighted by Crippen LogP contribution is -2.37. The molecule has 0 saturated heterocycles. The lowest BCUT2D eigenvalue weighted by molar-refractivity contribution is -0.152. The average Bonchev–Trinajstić information content (AvgIpc) is 2.92. The van der Waals surface area contributed by atoms with E-state index in [9.17, 15) is 19.2 Å². The summed E-state index contributed by atoms with van der Waals surface area (Å²) in [5.74, 6) is -1.85. The minimum atomic E-state index is -1.07. The molecule has 10 heteroatoms. The van der Waals surface area contributed by atoms with Crippen molar-refractivity contribution in [3.05, 3.63) is 54.1 Å². The van der Waals surface area contributed by atoms with E-state index in [1.54, 1.807) is 57.2 Å². The standard InChI is InChI=1S/C31H41NO9/c1-18(2)21(6)28(33)40-26-14-13-23(16-27(26)41-29(34)22(7)19(3)4)15-25(32)30(35)38-20(5)17-37-31(36)39-24-11-9-8-10-12-24/h8-14,16,18-22,25H,15,17,32H2,1-7H3/t20-,21?,22?,25-/m0/s1. The summed E-state index contributed by atoms with van der Waals surface area (Å²) in [4.78, 5) is 49.7. The third-order valence-corrected chi connectivity index (χ3v) is 6.63. The van der Waals surface area contributed by atoms with E-state index in [4.69, 9.17) is 29.4 Å². The predicted octanol–water partition coefficient (Wildman–Crippen LogP) is 5.10. The van der Waals surface area contributed by atoms with Crippen LogP contribution in [0.25, 0.3) is 0 Å². The molecule has 2 N–H and O–H groups in total. The first-order valence-electron chi connectivity index (χ1n) is 13.7. The van der Waals surface area contributed by atoms with Crippen LogP contribution in [-0.2, 0) is 30.3 Å². The highest BCUT2D eigenvalue weighted by Gasteiger charge is 2.25. The predicted molar refractivity (Wildman–Crippen MR) is 151 cm³/mol. The van der Waals surface area contributed by atoms with Crippen molar-refractivity contribution < 1.29 is 42.9 Å². The summed E-state index contributed by atoms with van der Waals surface area (Å²) >= 11 is 0. The van der Waals surface area contributed by atoms with Crippen molar-refractivity contribution in [2.24, 2.45) is 29.4 Å². The van der Waals surface area contributed by atoms with Crippen LogP contribution in [0.4, 0.5) is 4.79 Å². The van der Waals surface area contributed by atoms with Gasteiger partial charge in [0.05, 0.1) is 11.8 Å². The molecule has 0 saturated carbocycles. The largest absolute Gasteiger partial charge is 0.513 e. The minimum Gasteiger partial charge on any atom is -0.458 e. The summed E-state index contributed by atoms with van der Waals surface area (Å²) in [6.07, 6.45) is -1.67. The Morgan fingerprint density at radius 1 is 0.707 bits per heavy atom. The third-order valence-electron chi connectivity index (χ3n) is 6.63. The van der Waals surface area contributed by atoms with Crippen LogP contribution in [-0.4, -0.2) is 42.8 Å². The van der Waals surface area contributed by atoms with Crippen molar-refractivity contribution in [3.63, 3.8) is 0 Å². The first-order valence-corrected chi connectivity index (χ1v) is 13.7. The number of hydrogen-bond donors (Lipinski definition) is 1. The lowest BCUT2D eigenvalue weighted by atomic mass is 9.98. The van der Waals surface area contributed by atoms with Crippen molar-refractivity contribution in [1.29, 1.82) is 0 Å². The van der Waals surface area contributed by atoms with Crippen LogP contribution in [0.3, 0.4) is 0 Å². The molecule has 224 valence electrons. The van der Waals surface area contributed by atoms with Crippen molar-refractivity contribution in [2.45, 2.75) is 67.0 Å². The highest BCUT2D eigenvalue weighted by atomic mass is 16.7. The van der Waals surface area contributed by atoms with Gasteiger partial charge in [0.1, 0.15) is 24.5 Å². The van der Waals surface area contributed by atoms with Crippen molar-refractivity contribution >= 4 is 24.1 Å². The number of para-hydroxylation sites is 1. The summed E-state index contributed by atoms with van der Waals surface area (Å²) in [7, 11) is 0. The monoisotopic (exact) mass is 571 g/mol. The Hall–Kier alpha value is -3.92. The molecule has 2 unspecified atom stereocenters. The maximum atomic E-state index is 12.7. The Balaban J connectivity index is 2.04. The van der Waals surface area contributed by atoms with Gasteiger partial charge < -0.3 is 29.4 Å². The Morgan fingerprint density at radius 3 is 1.83 bits per heavy atom. The van der Waals surface area contributed by atoms with Crippen molar-refractivity contribution in [1.82, 2.24) is 0 Å². The molecular formula is C31H41NO9. The highest BCUT2D eigenvalue weighted by molar-refractivity contribution is 5.79. The zero-order valence-electron chi connectivity index (χ0n) is 24.7. The van der Waals surface area contributed by atoms with Crippen LogP contribution in [0.15, 0.2) is 48.5 Å². The van der Waals surface area contributed by atoms with Gasteiger partial charge in [0.25, 0.3) is 0 Å². The van der Waals surface area contributed by atoms with Crippen LogP contribution in [0.2, 0.25) is 0 Å². The van der Waals surface area contributed by atoms with Gasteiger partial charge in [-0.1, -0.05) is 65.8 Å². The quantitative estimate of drug-likeness (QED) is 0.196. The summed E-state index contributed by atoms with van der Waals surface area (Å²) in [5, 5.41) is 0. The number of esters is 3. The molecular weight excluding hydrogens is 530 g/mol. The highest BCUT2D eigenvalue weighted by Crippen LogP contribution is 2.31. The van der Waals surface area contributed by atoms with Crippen molar-refractivity contribution in [3.8, 4) is 17.2 Å². The molecule has 0 amide bonds. The molecule has 0 aliphatic carbocycles. The second-order valence-electron chi connectivity index (χ2n) is 10.7. The Kier molecular flexibility index (Phi) is 12.8. The summed E-state index contributed by atoms with van der Waals surface area (Å²) in [6, 6.07) is 12.0. The van der Waals surface area contributed by atoms with Crippen LogP contribution < -0.4 is 19.9 Å². The molecule has 41 heavy (non-hydrogen) atoms. The fraction of sp³-hybridized carbons (Fsp3) is 0.484. The lowest BCUT2D eigenvalue weighted by Gasteiger charge is -2.19. The summed E-state index contributed by atoms with van der Waals surface area (Å²) < 4.78 is 26.5. The fourth-order valence-electron chi connectivity index (χ4n) is 3.25. The SMILES string of the molecule is CC(C)C(C)C(=O)Oc1ccc(C[C@H](N)C(=O)O[C@@H](C)COC(=O)Oc2ccccc2)cc1OC(=O)C(C)C(C)C. The molecule has 2 aromatic carbocycles. The topological polar surface area (TPSA) is 140 Å². The minimum absolute atomic E-state index is 0.0343. The second kappa shape index (κ2) is 15.8. The molecule has 2 aromatic rings. The van der Waals surface area contributed by atoms with Crippen LogP contribution in [0, 0.1) is 23.7 Å². The molecule has 2 rings (SSSR count). The average molecular weight is 572 g/mol. The molecule has 10 nitrogen and oxygen atoms in total. The molecule has 0 fully saturated rings. The number of benzene rings is 2. The molecule has 0 heterocycles. The fourth-order valence-corrected chi connectivity index (χ4v) is 3.25. The van der Waals surface area contributed by atoms with E-state index in [-0.39, 0.29) is 42.3 Å². The Bertz CT molecular complexity index is 1180.